The highest BCUT2D eigenvalue weighted by Gasteiger charge is 2.47. The maximum Gasteiger partial charge on any atom is 0.573 e. The maximum atomic E-state index is 14.5. The fraction of sp³-hybridized carbons (Fsp3) is 0.308. The Kier molecular flexibility index (Phi) is 6.68. The Morgan fingerprint density at radius 3 is 2.36 bits per heavy atom. The number of hydrogen-bond acceptors (Lipinski definition) is 3. The quantitative estimate of drug-likeness (QED) is 0.393. The molecular formula is C26H22F7NO2. The average Bonchev–Trinajstić information content (AvgIpc) is 3.06. The minimum Gasteiger partial charge on any atom is -0.406 e. The van der Waals surface area contributed by atoms with E-state index < -0.39 is 42.2 Å². The van der Waals surface area contributed by atoms with Crippen molar-refractivity contribution in [1.82, 2.24) is 0 Å². The molecule has 3 nitrogen and oxygen atoms in total. The third kappa shape index (κ3) is 5.43. The van der Waals surface area contributed by atoms with Gasteiger partial charge in [-0.2, -0.15) is 13.2 Å². The van der Waals surface area contributed by atoms with E-state index in [0.717, 1.165) is 6.07 Å². The molecule has 4 rings (SSSR count). The number of benzene rings is 3. The molecule has 1 unspecified atom stereocenters. The summed E-state index contributed by atoms with van der Waals surface area (Å²) in [7, 11) is 0. The van der Waals surface area contributed by atoms with Crippen LogP contribution >= 0.6 is 0 Å². The van der Waals surface area contributed by atoms with E-state index in [2.05, 4.69) is 4.74 Å². The average molecular weight is 513 g/mol. The van der Waals surface area contributed by atoms with Crippen LogP contribution in [0.3, 0.4) is 0 Å². The summed E-state index contributed by atoms with van der Waals surface area (Å²) in [5, 5.41) is 9.79. The van der Waals surface area contributed by atoms with Crippen LogP contribution in [-0.4, -0.2) is 36.8 Å². The van der Waals surface area contributed by atoms with E-state index in [1.54, 1.807) is 43.3 Å². The van der Waals surface area contributed by atoms with Crippen molar-refractivity contribution in [3.63, 3.8) is 0 Å². The first kappa shape index (κ1) is 25.8. The SMILES string of the molecule is Cc1cc(F)cc(C2(Cc3cccc(OC(F)(F)F)c3)CN(C[C@@H](O)C(F)(F)F)c3ccccc32)c1. The van der Waals surface area contributed by atoms with Crippen LogP contribution in [0.25, 0.3) is 0 Å². The molecule has 36 heavy (non-hydrogen) atoms. The number of alkyl halides is 6. The summed E-state index contributed by atoms with van der Waals surface area (Å²) in [4.78, 5) is 1.38. The molecule has 1 aliphatic heterocycles. The first-order valence-corrected chi connectivity index (χ1v) is 11.0. The molecule has 0 aliphatic carbocycles. The Morgan fingerprint density at radius 1 is 0.972 bits per heavy atom. The standard InChI is InChI=1S/C26H22F7NO2/c1-16-9-18(12-19(27)10-16)24(13-17-5-4-6-20(11-17)36-26(31,32)33)15-34(14-23(35)25(28,29)30)22-8-3-2-7-21(22)24/h2-12,23,35H,13-15H2,1H3/t23-,24?/m1/s1. The lowest BCUT2D eigenvalue weighted by atomic mass is 9.71. The highest BCUT2D eigenvalue weighted by Crippen LogP contribution is 2.48. The molecule has 1 N–H and O–H groups in total. The molecule has 3 aromatic carbocycles. The molecule has 10 heteroatoms. The minimum absolute atomic E-state index is 0.0422. The largest absolute Gasteiger partial charge is 0.573 e. The van der Waals surface area contributed by atoms with Gasteiger partial charge in [0.15, 0.2) is 6.10 Å². The van der Waals surface area contributed by atoms with Crippen molar-refractivity contribution in [3.05, 3.63) is 94.8 Å². The van der Waals surface area contributed by atoms with Gasteiger partial charge in [0.2, 0.25) is 0 Å². The Bertz CT molecular complexity index is 1220. The van der Waals surface area contributed by atoms with E-state index >= 15 is 0 Å². The van der Waals surface area contributed by atoms with E-state index in [0.29, 0.717) is 27.9 Å². The zero-order valence-electron chi connectivity index (χ0n) is 19.0. The molecule has 1 heterocycles. The van der Waals surface area contributed by atoms with E-state index in [-0.39, 0.29) is 13.0 Å². The van der Waals surface area contributed by atoms with Crippen molar-refractivity contribution in [1.29, 1.82) is 0 Å². The van der Waals surface area contributed by atoms with Gasteiger partial charge in [-0.05, 0) is 65.9 Å². The maximum absolute atomic E-state index is 14.5. The summed E-state index contributed by atoms with van der Waals surface area (Å²) in [5.74, 6) is -0.994. The molecule has 0 fully saturated rings. The predicted octanol–water partition coefficient (Wildman–Crippen LogP) is 6.30. The van der Waals surface area contributed by atoms with Gasteiger partial charge in [0, 0.05) is 17.6 Å². The Balaban J connectivity index is 1.84. The number of fused-ring (bicyclic) bond motifs is 1. The summed E-state index contributed by atoms with van der Waals surface area (Å²) < 4.78 is 96.5. The minimum atomic E-state index is -4.90. The zero-order chi connectivity index (χ0) is 26.3. The molecule has 0 saturated heterocycles. The molecule has 1 aliphatic rings. The van der Waals surface area contributed by atoms with Crippen molar-refractivity contribution >= 4 is 5.69 Å². The van der Waals surface area contributed by atoms with E-state index in [1.807, 2.05) is 0 Å². The normalized spacial score (nSPS) is 18.8. The topological polar surface area (TPSA) is 32.7 Å². The fourth-order valence-electron chi connectivity index (χ4n) is 4.84. The molecule has 3 aromatic rings. The number of nitrogens with zero attached hydrogens (tertiary/aromatic N) is 1. The summed E-state index contributed by atoms with van der Waals surface area (Å²) in [6, 6.07) is 16.2. The van der Waals surface area contributed by atoms with Gasteiger partial charge in [-0.1, -0.05) is 36.4 Å². The Labute approximate surface area is 202 Å². The highest BCUT2D eigenvalue weighted by atomic mass is 19.4. The van der Waals surface area contributed by atoms with Gasteiger partial charge in [-0.15, -0.1) is 13.2 Å². The van der Waals surface area contributed by atoms with Gasteiger partial charge < -0.3 is 14.7 Å². The van der Waals surface area contributed by atoms with Gasteiger partial charge in [-0.3, -0.25) is 0 Å². The second-order valence-electron chi connectivity index (χ2n) is 8.93. The Morgan fingerprint density at radius 2 is 1.69 bits per heavy atom. The van der Waals surface area contributed by atoms with Gasteiger partial charge in [-0.25, -0.2) is 4.39 Å². The van der Waals surface area contributed by atoms with Gasteiger partial charge in [0.25, 0.3) is 0 Å². The van der Waals surface area contributed by atoms with E-state index in [4.69, 9.17) is 0 Å². The summed E-state index contributed by atoms with van der Waals surface area (Å²) in [6.45, 7) is 0.852. The van der Waals surface area contributed by atoms with Crippen LogP contribution in [0, 0.1) is 12.7 Å². The summed E-state index contributed by atoms with van der Waals surface area (Å²) >= 11 is 0. The highest BCUT2D eigenvalue weighted by molar-refractivity contribution is 5.67. The molecule has 192 valence electrons. The number of ether oxygens (including phenoxy) is 1. The smallest absolute Gasteiger partial charge is 0.406 e. The van der Waals surface area contributed by atoms with Crippen molar-refractivity contribution in [2.75, 3.05) is 18.0 Å². The van der Waals surface area contributed by atoms with Crippen LogP contribution in [0.4, 0.5) is 36.4 Å². The number of β-amino-alcohol motifs (C(OH)–C–C–N with tert-alkyl or cyclic N) is 1. The number of aliphatic hydroxyl groups excluding tert-OH is 1. The lowest BCUT2D eigenvalue weighted by molar-refractivity contribution is -0.274. The van der Waals surface area contributed by atoms with Crippen molar-refractivity contribution in [3.8, 4) is 5.75 Å². The van der Waals surface area contributed by atoms with Crippen LogP contribution in [-0.2, 0) is 11.8 Å². The molecule has 0 radical (unpaired) electrons. The van der Waals surface area contributed by atoms with Crippen molar-refractivity contribution in [2.24, 2.45) is 0 Å². The molecule has 0 aromatic heterocycles. The summed E-state index contributed by atoms with van der Waals surface area (Å²) in [5.41, 5.74) is 1.32. The number of rotatable bonds is 6. The summed E-state index contributed by atoms with van der Waals surface area (Å²) in [6.07, 6.45) is -12.3. The number of aliphatic hydroxyl groups is 1. The molecular weight excluding hydrogens is 491 g/mol. The first-order chi connectivity index (χ1) is 16.8. The fourth-order valence-corrected chi connectivity index (χ4v) is 4.84. The number of hydrogen-bond donors (Lipinski definition) is 1. The van der Waals surface area contributed by atoms with Gasteiger partial charge in [0.05, 0.1) is 6.54 Å². The predicted molar refractivity (Wildman–Crippen MR) is 119 cm³/mol. The molecule has 0 saturated carbocycles. The third-order valence-electron chi connectivity index (χ3n) is 6.22. The van der Waals surface area contributed by atoms with Crippen LogP contribution in [0.15, 0.2) is 66.7 Å². The number of aryl methyl sites for hydroxylation is 1. The first-order valence-electron chi connectivity index (χ1n) is 11.0. The third-order valence-corrected chi connectivity index (χ3v) is 6.22. The number of halogens is 7. The molecule has 2 atom stereocenters. The van der Waals surface area contributed by atoms with E-state index in [9.17, 15) is 35.8 Å². The second-order valence-corrected chi connectivity index (χ2v) is 8.93. The molecule has 0 bridgehead atoms. The second kappa shape index (κ2) is 9.31. The van der Waals surface area contributed by atoms with Crippen LogP contribution < -0.4 is 9.64 Å². The van der Waals surface area contributed by atoms with Crippen molar-refractivity contribution < 1.29 is 40.6 Å². The van der Waals surface area contributed by atoms with Gasteiger partial charge >= 0.3 is 12.5 Å². The zero-order valence-corrected chi connectivity index (χ0v) is 19.0. The monoisotopic (exact) mass is 513 g/mol. The van der Waals surface area contributed by atoms with Crippen LogP contribution in [0.5, 0.6) is 5.75 Å². The Hall–Kier alpha value is -3.27. The van der Waals surface area contributed by atoms with Gasteiger partial charge in [0.1, 0.15) is 11.6 Å². The van der Waals surface area contributed by atoms with E-state index in [1.165, 1.54) is 29.2 Å². The number of para-hydroxylation sites is 1. The van der Waals surface area contributed by atoms with Crippen LogP contribution in [0.2, 0.25) is 0 Å². The molecule has 0 spiro atoms. The van der Waals surface area contributed by atoms with Crippen molar-refractivity contribution in [2.45, 2.75) is 37.4 Å². The van der Waals surface area contributed by atoms with Crippen LogP contribution in [0.1, 0.15) is 22.3 Å². The molecule has 0 amide bonds. The lowest BCUT2D eigenvalue weighted by Crippen LogP contribution is -2.44. The lowest BCUT2D eigenvalue weighted by Gasteiger charge is -2.33. The number of anilines is 1.